The zero-order chi connectivity index (χ0) is 23.4. The minimum Gasteiger partial charge on any atom is -0.508 e. The molecule has 0 saturated carbocycles. The van der Waals surface area contributed by atoms with E-state index in [1.54, 1.807) is 12.3 Å². The van der Waals surface area contributed by atoms with E-state index in [4.69, 9.17) is 4.74 Å². The van der Waals surface area contributed by atoms with Gasteiger partial charge in [-0.15, -0.1) is 0 Å². The van der Waals surface area contributed by atoms with Gasteiger partial charge >= 0.3 is 6.01 Å². The topological polar surface area (TPSA) is 100 Å². The van der Waals surface area contributed by atoms with E-state index in [9.17, 15) is 9.90 Å². The van der Waals surface area contributed by atoms with Crippen LogP contribution in [0.4, 0.5) is 10.2 Å². The van der Waals surface area contributed by atoms with E-state index in [1.165, 1.54) is 13.2 Å². The minimum atomic E-state index is -0.639. The van der Waals surface area contributed by atoms with Crippen LogP contribution in [-0.2, 0) is 4.79 Å². The lowest BCUT2D eigenvalue weighted by atomic mass is 9.99. The number of phenols is 1. The maximum absolute atomic E-state index is 16.0. The molecule has 2 aromatic heterocycles. The average molecular weight is 459 g/mol. The molecular formula is C25H22FN5O3. The van der Waals surface area contributed by atoms with Crippen molar-refractivity contribution in [2.24, 2.45) is 0 Å². The monoisotopic (exact) mass is 459 g/mol. The Balaban J connectivity index is 1.55. The third-order valence-corrected chi connectivity index (χ3v) is 6.80. The van der Waals surface area contributed by atoms with Crippen molar-refractivity contribution in [3.63, 3.8) is 0 Å². The molecule has 34 heavy (non-hydrogen) atoms. The SMILES string of the molecule is COc1nc(N2CC3CCC(C=O)(C2)N3)c2cnc(-c3cc(O)cc4ccccc34)c(F)c2n1. The second-order valence-corrected chi connectivity index (χ2v) is 8.97. The molecule has 2 saturated heterocycles. The number of ether oxygens (including phenoxy) is 1. The van der Waals surface area contributed by atoms with Crippen molar-refractivity contribution in [2.45, 2.75) is 24.4 Å². The first-order valence-electron chi connectivity index (χ1n) is 11.1. The lowest BCUT2D eigenvalue weighted by Crippen LogP contribution is -2.60. The Bertz CT molecular complexity index is 1460. The van der Waals surface area contributed by atoms with Gasteiger partial charge in [0, 0.05) is 30.9 Å². The summed E-state index contributed by atoms with van der Waals surface area (Å²) in [6, 6.07) is 10.7. The van der Waals surface area contributed by atoms with Crippen LogP contribution in [0.2, 0.25) is 0 Å². The molecule has 0 amide bonds. The lowest BCUT2D eigenvalue weighted by Gasteiger charge is -2.39. The lowest BCUT2D eigenvalue weighted by molar-refractivity contribution is -0.113. The highest BCUT2D eigenvalue weighted by Crippen LogP contribution is 2.38. The first-order valence-corrected chi connectivity index (χ1v) is 11.1. The Hall–Kier alpha value is -3.85. The molecular weight excluding hydrogens is 437 g/mol. The number of fused-ring (bicyclic) bond motifs is 4. The Labute approximate surface area is 194 Å². The van der Waals surface area contributed by atoms with Crippen LogP contribution in [0.3, 0.4) is 0 Å². The quantitative estimate of drug-likeness (QED) is 0.449. The Morgan fingerprint density at radius 1 is 1.26 bits per heavy atom. The van der Waals surface area contributed by atoms with Crippen LogP contribution < -0.4 is 15.0 Å². The summed E-state index contributed by atoms with van der Waals surface area (Å²) in [4.78, 5) is 27.1. The van der Waals surface area contributed by atoms with E-state index in [0.717, 1.165) is 29.9 Å². The summed E-state index contributed by atoms with van der Waals surface area (Å²) in [6.45, 7) is 1.05. The standard InChI is InChI=1S/C25H22FN5O3/c1-34-24-28-22-19(23(29-24)31-11-15-6-7-25(12-31,13-32)30-15)10-27-21(20(22)26)18-9-16(33)8-14-4-2-3-5-17(14)18/h2-5,8-10,13,15,30,33H,6-7,11-12H2,1H3. The summed E-state index contributed by atoms with van der Waals surface area (Å²) < 4.78 is 21.3. The van der Waals surface area contributed by atoms with Gasteiger partial charge in [-0.05, 0) is 35.7 Å². The molecule has 2 atom stereocenters. The molecule has 2 aliphatic heterocycles. The fourth-order valence-electron chi connectivity index (χ4n) is 5.24. The summed E-state index contributed by atoms with van der Waals surface area (Å²) in [7, 11) is 1.43. The first-order chi connectivity index (χ1) is 16.5. The third kappa shape index (κ3) is 3.15. The van der Waals surface area contributed by atoms with Gasteiger partial charge in [0.05, 0.1) is 18.0 Å². The van der Waals surface area contributed by atoms with Gasteiger partial charge in [-0.3, -0.25) is 10.3 Å². The Morgan fingerprint density at radius 3 is 2.94 bits per heavy atom. The molecule has 0 spiro atoms. The number of halogens is 1. The molecule has 2 fully saturated rings. The highest BCUT2D eigenvalue weighted by molar-refractivity contribution is 6.00. The van der Waals surface area contributed by atoms with Crippen molar-refractivity contribution in [3.8, 4) is 23.0 Å². The number of rotatable bonds is 4. The number of aldehydes is 1. The van der Waals surface area contributed by atoms with Crippen LogP contribution in [0.5, 0.6) is 11.8 Å². The van der Waals surface area contributed by atoms with Gasteiger partial charge in [0.15, 0.2) is 5.82 Å². The van der Waals surface area contributed by atoms with Gasteiger partial charge in [0.2, 0.25) is 0 Å². The number of nitrogens with one attached hydrogen (secondary N) is 1. The number of phenolic OH excluding ortho intramolecular Hbond substituents is 1. The molecule has 4 aromatic rings. The van der Waals surface area contributed by atoms with E-state index in [1.807, 2.05) is 29.2 Å². The minimum absolute atomic E-state index is 0.0198. The summed E-state index contributed by atoms with van der Waals surface area (Å²) in [5.41, 5.74) is -0.0181. The number of piperazine rings is 1. The van der Waals surface area contributed by atoms with Crippen molar-refractivity contribution < 1.29 is 19.0 Å². The maximum Gasteiger partial charge on any atom is 0.318 e. The zero-order valence-corrected chi connectivity index (χ0v) is 18.5. The van der Waals surface area contributed by atoms with Crippen LogP contribution in [0.1, 0.15) is 12.8 Å². The van der Waals surface area contributed by atoms with Gasteiger partial charge in [0.1, 0.15) is 29.1 Å². The highest BCUT2D eigenvalue weighted by Gasteiger charge is 2.45. The van der Waals surface area contributed by atoms with E-state index in [0.29, 0.717) is 29.9 Å². The molecule has 4 heterocycles. The molecule has 2 aromatic carbocycles. The molecule has 0 radical (unpaired) electrons. The zero-order valence-electron chi connectivity index (χ0n) is 18.5. The summed E-state index contributed by atoms with van der Waals surface area (Å²) in [6.07, 6.45) is 4.15. The van der Waals surface area contributed by atoms with E-state index >= 15 is 4.39 Å². The molecule has 2 aliphatic rings. The number of carbonyl (C=O) groups excluding carboxylic acids is 1. The fraction of sp³-hybridized carbons (Fsp3) is 0.280. The largest absolute Gasteiger partial charge is 0.508 e. The van der Waals surface area contributed by atoms with Crippen LogP contribution >= 0.6 is 0 Å². The number of aromatic hydroxyl groups is 1. The molecule has 8 nitrogen and oxygen atoms in total. The maximum atomic E-state index is 16.0. The van der Waals surface area contributed by atoms with Gasteiger partial charge in [0.25, 0.3) is 0 Å². The molecule has 9 heteroatoms. The molecule has 2 unspecified atom stereocenters. The smallest absolute Gasteiger partial charge is 0.318 e. The molecule has 0 aliphatic carbocycles. The normalized spacial score (nSPS) is 21.8. The molecule has 6 rings (SSSR count). The predicted molar refractivity (Wildman–Crippen MR) is 126 cm³/mol. The summed E-state index contributed by atoms with van der Waals surface area (Å²) in [5, 5.41) is 15.6. The second kappa shape index (κ2) is 7.59. The Morgan fingerprint density at radius 2 is 2.12 bits per heavy atom. The van der Waals surface area contributed by atoms with Crippen molar-refractivity contribution in [1.29, 1.82) is 0 Å². The van der Waals surface area contributed by atoms with Gasteiger partial charge < -0.3 is 19.5 Å². The van der Waals surface area contributed by atoms with Crippen LogP contribution in [0.25, 0.3) is 32.9 Å². The highest BCUT2D eigenvalue weighted by atomic mass is 19.1. The molecule has 2 N–H and O–H groups in total. The first kappa shape index (κ1) is 20.7. The number of nitrogens with zero attached hydrogens (tertiary/aromatic N) is 4. The summed E-state index contributed by atoms with van der Waals surface area (Å²) >= 11 is 0. The van der Waals surface area contributed by atoms with Crippen LogP contribution in [0, 0.1) is 5.82 Å². The number of methoxy groups -OCH3 is 1. The Kier molecular flexibility index (Phi) is 4.63. The van der Waals surface area contributed by atoms with E-state index in [2.05, 4.69) is 20.3 Å². The van der Waals surface area contributed by atoms with Crippen LogP contribution in [0.15, 0.2) is 42.6 Å². The molecule has 2 bridgehead atoms. The van der Waals surface area contributed by atoms with Gasteiger partial charge in [-0.1, -0.05) is 24.3 Å². The number of pyridine rings is 1. The van der Waals surface area contributed by atoms with Gasteiger partial charge in [-0.25, -0.2) is 4.39 Å². The van der Waals surface area contributed by atoms with Crippen molar-refractivity contribution in [1.82, 2.24) is 20.3 Å². The number of hydrogen-bond donors (Lipinski definition) is 2. The number of aromatic nitrogens is 3. The fourth-order valence-corrected chi connectivity index (χ4v) is 5.24. The number of carbonyl (C=O) groups is 1. The third-order valence-electron chi connectivity index (χ3n) is 6.80. The van der Waals surface area contributed by atoms with Gasteiger partial charge in [-0.2, -0.15) is 9.97 Å². The predicted octanol–water partition coefficient (Wildman–Crippen LogP) is 3.21. The van der Waals surface area contributed by atoms with Crippen molar-refractivity contribution >= 4 is 33.8 Å². The van der Waals surface area contributed by atoms with Crippen molar-refractivity contribution in [2.75, 3.05) is 25.1 Å². The van der Waals surface area contributed by atoms with E-state index in [-0.39, 0.29) is 29.0 Å². The number of benzene rings is 2. The number of anilines is 1. The van der Waals surface area contributed by atoms with Crippen molar-refractivity contribution in [3.05, 3.63) is 48.4 Å². The average Bonchev–Trinajstić information content (AvgIpc) is 3.17. The number of hydrogen-bond acceptors (Lipinski definition) is 8. The summed E-state index contributed by atoms with van der Waals surface area (Å²) in [5.74, 6) is -0.120. The molecule has 172 valence electrons. The van der Waals surface area contributed by atoms with Crippen LogP contribution in [-0.4, -0.2) is 58.1 Å². The van der Waals surface area contributed by atoms with E-state index < -0.39 is 11.4 Å². The second-order valence-electron chi connectivity index (χ2n) is 8.97.